The average Bonchev–Trinajstić information content (AvgIpc) is 2.87. The van der Waals surface area contributed by atoms with Crippen LogP contribution in [0.25, 0.3) is 11.1 Å². The number of ether oxygens (including phenoxy) is 1. The molecular weight excluding hydrogens is 458 g/mol. The average molecular weight is 488 g/mol. The van der Waals surface area contributed by atoms with Crippen LogP contribution < -0.4 is 22.1 Å². The number of hydrogen-bond acceptors (Lipinski definition) is 5. The maximum atomic E-state index is 12.7. The Morgan fingerprint density at radius 3 is 2.28 bits per heavy atom. The first-order chi connectivity index (χ1) is 17.4. The SMILES string of the molecule is CCOC(=O)CC(NC(=O)CNC(=O)c1cccc(N=C(N)N)c1)c1ccc(-c2ccccc2)cc1. The minimum atomic E-state index is -0.622. The summed E-state index contributed by atoms with van der Waals surface area (Å²) in [6.07, 6.45) is -0.0429. The third-order valence-electron chi connectivity index (χ3n) is 5.21. The van der Waals surface area contributed by atoms with Gasteiger partial charge < -0.3 is 26.8 Å². The Morgan fingerprint density at radius 2 is 1.61 bits per heavy atom. The van der Waals surface area contributed by atoms with Gasteiger partial charge >= 0.3 is 5.97 Å². The van der Waals surface area contributed by atoms with Gasteiger partial charge in [0, 0.05) is 5.56 Å². The van der Waals surface area contributed by atoms with Crippen molar-refractivity contribution in [3.05, 3.63) is 90.0 Å². The predicted octanol–water partition coefficient (Wildman–Crippen LogP) is 2.80. The van der Waals surface area contributed by atoms with Crippen molar-refractivity contribution in [2.75, 3.05) is 13.2 Å². The van der Waals surface area contributed by atoms with Crippen molar-refractivity contribution in [1.82, 2.24) is 10.6 Å². The lowest BCUT2D eigenvalue weighted by atomic mass is 9.99. The molecule has 0 saturated carbocycles. The molecule has 186 valence electrons. The lowest BCUT2D eigenvalue weighted by molar-refractivity contribution is -0.143. The van der Waals surface area contributed by atoms with Crippen molar-refractivity contribution in [2.45, 2.75) is 19.4 Å². The number of nitrogens with two attached hydrogens (primary N) is 2. The molecule has 3 aromatic rings. The van der Waals surface area contributed by atoms with Crippen LogP contribution in [0.3, 0.4) is 0 Å². The molecule has 1 atom stereocenters. The Kier molecular flexibility index (Phi) is 9.16. The second-order valence-corrected chi connectivity index (χ2v) is 7.89. The Labute approximate surface area is 209 Å². The predicted molar refractivity (Wildman–Crippen MR) is 138 cm³/mol. The number of rotatable bonds is 10. The van der Waals surface area contributed by atoms with Gasteiger partial charge in [0.2, 0.25) is 5.91 Å². The number of carbonyl (C=O) groups excluding carboxylic acids is 3. The number of nitrogens with zero attached hydrogens (tertiary/aromatic N) is 1. The molecule has 0 saturated heterocycles. The summed E-state index contributed by atoms with van der Waals surface area (Å²) in [5.74, 6) is -1.48. The van der Waals surface area contributed by atoms with Crippen molar-refractivity contribution >= 4 is 29.4 Å². The van der Waals surface area contributed by atoms with Crippen LogP contribution in [0.4, 0.5) is 5.69 Å². The van der Waals surface area contributed by atoms with Gasteiger partial charge in [0.05, 0.1) is 31.3 Å². The number of esters is 1. The smallest absolute Gasteiger partial charge is 0.308 e. The minimum Gasteiger partial charge on any atom is -0.466 e. The highest BCUT2D eigenvalue weighted by atomic mass is 16.5. The van der Waals surface area contributed by atoms with Crippen LogP contribution in [-0.2, 0) is 14.3 Å². The van der Waals surface area contributed by atoms with E-state index in [0.29, 0.717) is 11.3 Å². The van der Waals surface area contributed by atoms with E-state index in [4.69, 9.17) is 16.2 Å². The fraction of sp³-hybridized carbons (Fsp3) is 0.185. The van der Waals surface area contributed by atoms with Crippen molar-refractivity contribution in [1.29, 1.82) is 0 Å². The standard InChI is InChI=1S/C27H29N5O4/c1-2-36-25(34)16-23(20-13-11-19(12-14-20)18-7-4-3-5-8-18)32-24(33)17-30-26(35)21-9-6-10-22(15-21)31-27(28)29/h3-15,23H,2,16-17H2,1H3,(H,30,35)(H,32,33)(H4,28,29,31). The van der Waals surface area contributed by atoms with E-state index in [9.17, 15) is 14.4 Å². The van der Waals surface area contributed by atoms with E-state index in [1.807, 2.05) is 54.6 Å². The first kappa shape index (κ1) is 26.0. The van der Waals surface area contributed by atoms with Crippen molar-refractivity contribution in [3.63, 3.8) is 0 Å². The summed E-state index contributed by atoms with van der Waals surface area (Å²) in [4.78, 5) is 41.3. The Bertz CT molecular complexity index is 1220. The number of aliphatic imine (C=N–C) groups is 1. The number of guanidine groups is 1. The van der Waals surface area contributed by atoms with E-state index in [2.05, 4.69) is 15.6 Å². The zero-order valence-corrected chi connectivity index (χ0v) is 19.9. The Balaban J connectivity index is 1.67. The van der Waals surface area contributed by atoms with E-state index in [1.165, 1.54) is 6.07 Å². The molecule has 1 unspecified atom stereocenters. The zero-order valence-electron chi connectivity index (χ0n) is 19.9. The van der Waals surface area contributed by atoms with Crippen molar-refractivity contribution in [3.8, 4) is 11.1 Å². The summed E-state index contributed by atoms with van der Waals surface area (Å²) in [7, 11) is 0. The topological polar surface area (TPSA) is 149 Å². The maximum absolute atomic E-state index is 12.7. The second kappa shape index (κ2) is 12.7. The summed E-state index contributed by atoms with van der Waals surface area (Å²) in [6.45, 7) is 1.67. The molecule has 0 aliphatic heterocycles. The highest BCUT2D eigenvalue weighted by molar-refractivity contribution is 5.97. The Morgan fingerprint density at radius 1 is 0.917 bits per heavy atom. The largest absolute Gasteiger partial charge is 0.466 e. The summed E-state index contributed by atoms with van der Waals surface area (Å²) in [5.41, 5.74) is 14.3. The number of benzene rings is 3. The van der Waals surface area contributed by atoms with Crippen LogP contribution in [-0.4, -0.2) is 36.9 Å². The lowest BCUT2D eigenvalue weighted by Gasteiger charge is -2.19. The molecule has 0 aliphatic carbocycles. The minimum absolute atomic E-state index is 0.0429. The van der Waals surface area contributed by atoms with Gasteiger partial charge in [-0.1, -0.05) is 60.7 Å². The number of nitrogens with one attached hydrogen (secondary N) is 2. The van der Waals surface area contributed by atoms with Crippen LogP contribution in [0.15, 0.2) is 83.9 Å². The molecule has 0 bridgehead atoms. The van der Waals surface area contributed by atoms with Gasteiger partial charge in [-0.3, -0.25) is 14.4 Å². The molecular formula is C27H29N5O4. The first-order valence-electron chi connectivity index (χ1n) is 11.4. The summed E-state index contributed by atoms with van der Waals surface area (Å²) < 4.78 is 5.07. The molecule has 0 spiro atoms. The third kappa shape index (κ3) is 7.69. The highest BCUT2D eigenvalue weighted by Gasteiger charge is 2.20. The van der Waals surface area contributed by atoms with E-state index in [-0.39, 0.29) is 25.5 Å². The highest BCUT2D eigenvalue weighted by Crippen LogP contribution is 2.24. The monoisotopic (exact) mass is 487 g/mol. The molecule has 0 fully saturated rings. The maximum Gasteiger partial charge on any atom is 0.308 e. The van der Waals surface area contributed by atoms with Gasteiger partial charge in [-0.25, -0.2) is 4.99 Å². The van der Waals surface area contributed by atoms with Gasteiger partial charge in [-0.2, -0.15) is 0 Å². The lowest BCUT2D eigenvalue weighted by Crippen LogP contribution is -2.39. The van der Waals surface area contributed by atoms with Crippen LogP contribution >= 0.6 is 0 Å². The molecule has 9 heteroatoms. The molecule has 0 aromatic heterocycles. The summed E-state index contributed by atoms with van der Waals surface area (Å²) in [6, 6.07) is 23.2. The molecule has 3 aromatic carbocycles. The van der Waals surface area contributed by atoms with Crippen LogP contribution in [0.1, 0.15) is 35.3 Å². The van der Waals surface area contributed by atoms with E-state index < -0.39 is 23.8 Å². The Hall–Kier alpha value is -4.66. The van der Waals surface area contributed by atoms with E-state index in [0.717, 1.165) is 16.7 Å². The van der Waals surface area contributed by atoms with Crippen LogP contribution in [0, 0.1) is 0 Å². The van der Waals surface area contributed by atoms with E-state index in [1.54, 1.807) is 25.1 Å². The molecule has 9 nitrogen and oxygen atoms in total. The first-order valence-corrected chi connectivity index (χ1v) is 11.4. The fourth-order valence-corrected chi connectivity index (χ4v) is 3.55. The molecule has 0 radical (unpaired) electrons. The van der Waals surface area contributed by atoms with Gasteiger partial charge in [0.15, 0.2) is 5.96 Å². The quantitative estimate of drug-likeness (QED) is 0.196. The van der Waals surface area contributed by atoms with Crippen molar-refractivity contribution < 1.29 is 19.1 Å². The molecule has 6 N–H and O–H groups in total. The van der Waals surface area contributed by atoms with Crippen LogP contribution in [0.5, 0.6) is 0 Å². The van der Waals surface area contributed by atoms with Gasteiger partial charge in [-0.05, 0) is 41.8 Å². The molecule has 36 heavy (non-hydrogen) atoms. The summed E-state index contributed by atoms with van der Waals surface area (Å²) >= 11 is 0. The van der Waals surface area contributed by atoms with Crippen molar-refractivity contribution in [2.24, 2.45) is 16.5 Å². The van der Waals surface area contributed by atoms with Crippen LogP contribution in [0.2, 0.25) is 0 Å². The molecule has 3 rings (SSSR count). The van der Waals surface area contributed by atoms with E-state index >= 15 is 0 Å². The third-order valence-corrected chi connectivity index (χ3v) is 5.21. The van der Waals surface area contributed by atoms with Gasteiger partial charge in [0.1, 0.15) is 0 Å². The normalized spacial score (nSPS) is 11.1. The molecule has 2 amide bonds. The van der Waals surface area contributed by atoms with Gasteiger partial charge in [0.25, 0.3) is 5.91 Å². The fourth-order valence-electron chi connectivity index (χ4n) is 3.55. The number of carbonyl (C=O) groups is 3. The zero-order chi connectivity index (χ0) is 25.9. The molecule has 0 aliphatic rings. The van der Waals surface area contributed by atoms with Gasteiger partial charge in [-0.15, -0.1) is 0 Å². The molecule has 0 heterocycles. The summed E-state index contributed by atoms with van der Waals surface area (Å²) in [5, 5.41) is 5.38. The number of hydrogen-bond donors (Lipinski definition) is 4. The second-order valence-electron chi connectivity index (χ2n) is 7.89. The number of amides is 2.